The summed E-state index contributed by atoms with van der Waals surface area (Å²) in [7, 11) is -2.38. The first kappa shape index (κ1) is 20.2. The van der Waals surface area contributed by atoms with E-state index in [1.54, 1.807) is 20.1 Å². The van der Waals surface area contributed by atoms with E-state index in [1.807, 2.05) is 31.0 Å². The maximum absolute atomic E-state index is 10.7. The molecule has 126 valence electrons. The normalized spacial score (nSPS) is 14.2. The van der Waals surface area contributed by atoms with Gasteiger partial charge in [-0.2, -0.15) is 0 Å². The molecule has 0 fully saturated rings. The van der Waals surface area contributed by atoms with Gasteiger partial charge < -0.3 is 15.1 Å². The van der Waals surface area contributed by atoms with Crippen LogP contribution in [0.4, 0.5) is 0 Å². The lowest BCUT2D eigenvalue weighted by atomic mass is 10.1. The van der Waals surface area contributed by atoms with Crippen LogP contribution in [0.15, 0.2) is 28.8 Å². The van der Waals surface area contributed by atoms with Crippen molar-refractivity contribution in [1.29, 1.82) is 5.41 Å². The molecule has 0 aromatic rings. The highest BCUT2D eigenvalue weighted by atomic mass is 32.2. The second-order valence-electron chi connectivity index (χ2n) is 4.58. The molecule has 0 aliphatic rings. The van der Waals surface area contributed by atoms with Gasteiger partial charge in [0.15, 0.2) is 0 Å². The Bertz CT molecular complexity index is 490. The SMILES string of the molecule is C/C=N/O/C(C)=C/C(NC=N)/C(C)=C/N(CC)CC[SH](=O)=O. The highest BCUT2D eigenvalue weighted by Gasteiger charge is 2.09. The van der Waals surface area contributed by atoms with Crippen molar-refractivity contribution in [3.63, 3.8) is 0 Å². The highest BCUT2D eigenvalue weighted by molar-refractivity contribution is 7.72. The van der Waals surface area contributed by atoms with Crippen LogP contribution in [-0.4, -0.2) is 50.8 Å². The molecule has 0 saturated carbocycles. The summed E-state index contributed by atoms with van der Waals surface area (Å²) in [5.41, 5.74) is 0.940. The number of nitrogens with zero attached hydrogens (tertiary/aromatic N) is 2. The molecule has 22 heavy (non-hydrogen) atoms. The molecule has 0 aliphatic heterocycles. The topological polar surface area (TPSA) is 94.8 Å². The van der Waals surface area contributed by atoms with Crippen molar-refractivity contribution in [1.82, 2.24) is 10.2 Å². The van der Waals surface area contributed by atoms with Crippen molar-refractivity contribution >= 4 is 23.3 Å². The van der Waals surface area contributed by atoms with Crippen molar-refractivity contribution < 1.29 is 13.3 Å². The largest absolute Gasteiger partial charge is 0.377 e. The van der Waals surface area contributed by atoms with Gasteiger partial charge >= 0.3 is 0 Å². The minimum atomic E-state index is -2.38. The molecular weight excluding hydrogens is 304 g/mol. The van der Waals surface area contributed by atoms with E-state index in [4.69, 9.17) is 10.2 Å². The Kier molecular flexibility index (Phi) is 10.8. The Labute approximate surface area is 134 Å². The number of hydrogen-bond donors (Lipinski definition) is 3. The third kappa shape index (κ3) is 9.17. The van der Waals surface area contributed by atoms with Crippen LogP contribution in [0.2, 0.25) is 0 Å². The minimum absolute atomic E-state index is 0.124. The third-order valence-corrected chi connectivity index (χ3v) is 3.38. The molecule has 7 nitrogen and oxygen atoms in total. The van der Waals surface area contributed by atoms with Crippen LogP contribution in [0.25, 0.3) is 0 Å². The summed E-state index contributed by atoms with van der Waals surface area (Å²) >= 11 is 0. The van der Waals surface area contributed by atoms with E-state index in [1.165, 1.54) is 0 Å². The highest BCUT2D eigenvalue weighted by Crippen LogP contribution is 2.09. The van der Waals surface area contributed by atoms with E-state index in [9.17, 15) is 8.42 Å². The van der Waals surface area contributed by atoms with Gasteiger partial charge in [-0.15, -0.1) is 0 Å². The molecule has 0 aromatic heterocycles. The summed E-state index contributed by atoms with van der Waals surface area (Å²) in [5, 5.41) is 13.8. The summed E-state index contributed by atoms with van der Waals surface area (Å²) in [5.74, 6) is 0.731. The molecule has 8 heteroatoms. The average molecular weight is 330 g/mol. The quantitative estimate of drug-likeness (QED) is 0.175. The molecule has 0 aliphatic carbocycles. The molecule has 1 unspecified atom stereocenters. The molecule has 0 radical (unpaired) electrons. The number of thiol groups is 1. The molecular formula is C14H26N4O3S. The monoisotopic (exact) mass is 330 g/mol. The van der Waals surface area contributed by atoms with Gasteiger partial charge in [-0.05, 0) is 39.3 Å². The van der Waals surface area contributed by atoms with Gasteiger partial charge in [-0.1, -0.05) is 5.16 Å². The van der Waals surface area contributed by atoms with Gasteiger partial charge in [-0.3, -0.25) is 5.41 Å². The molecule has 0 spiro atoms. The van der Waals surface area contributed by atoms with E-state index in [0.29, 0.717) is 18.8 Å². The van der Waals surface area contributed by atoms with Crippen molar-refractivity contribution in [2.45, 2.75) is 33.7 Å². The summed E-state index contributed by atoms with van der Waals surface area (Å²) in [6.45, 7) is 8.55. The smallest absolute Gasteiger partial charge is 0.141 e. The molecule has 0 amide bonds. The van der Waals surface area contributed by atoms with Crippen LogP contribution >= 0.6 is 0 Å². The maximum atomic E-state index is 10.7. The Morgan fingerprint density at radius 3 is 2.64 bits per heavy atom. The number of rotatable bonds is 11. The number of oxime groups is 1. The van der Waals surface area contributed by atoms with Crippen molar-refractivity contribution in [2.75, 3.05) is 18.8 Å². The summed E-state index contributed by atoms with van der Waals surface area (Å²) in [6, 6.07) is -0.223. The van der Waals surface area contributed by atoms with Crippen LogP contribution in [-0.2, 0) is 15.5 Å². The first-order valence-corrected chi connectivity index (χ1v) is 8.43. The fraction of sp³-hybridized carbons (Fsp3) is 0.571. The summed E-state index contributed by atoms with van der Waals surface area (Å²) in [6.07, 6.45) is 6.36. The second-order valence-corrected chi connectivity index (χ2v) is 5.69. The Morgan fingerprint density at radius 2 is 2.14 bits per heavy atom. The van der Waals surface area contributed by atoms with E-state index in [-0.39, 0.29) is 11.8 Å². The van der Waals surface area contributed by atoms with Crippen LogP contribution in [0.3, 0.4) is 0 Å². The lowest BCUT2D eigenvalue weighted by Crippen LogP contribution is -2.29. The zero-order valence-electron chi connectivity index (χ0n) is 13.6. The number of hydrogen-bond acceptors (Lipinski definition) is 6. The van der Waals surface area contributed by atoms with E-state index in [2.05, 4.69) is 10.5 Å². The molecule has 0 rings (SSSR count). The first-order chi connectivity index (χ1) is 10.4. The predicted octanol–water partition coefficient (Wildman–Crippen LogP) is 1.31. The van der Waals surface area contributed by atoms with E-state index >= 15 is 0 Å². The molecule has 0 bridgehead atoms. The van der Waals surface area contributed by atoms with Gasteiger partial charge in [0.1, 0.15) is 16.5 Å². The molecule has 2 N–H and O–H groups in total. The lowest BCUT2D eigenvalue weighted by molar-refractivity contribution is 0.229. The zero-order valence-corrected chi connectivity index (χ0v) is 14.5. The lowest BCUT2D eigenvalue weighted by Gasteiger charge is -2.21. The Balaban J connectivity index is 5.03. The molecule has 0 aromatic carbocycles. The number of allylic oxidation sites excluding steroid dienone is 1. The van der Waals surface area contributed by atoms with E-state index < -0.39 is 10.7 Å². The van der Waals surface area contributed by atoms with Crippen LogP contribution in [0.5, 0.6) is 0 Å². The van der Waals surface area contributed by atoms with Crippen molar-refractivity contribution in [3.05, 3.63) is 23.6 Å². The van der Waals surface area contributed by atoms with Crippen LogP contribution < -0.4 is 5.32 Å². The van der Waals surface area contributed by atoms with E-state index in [0.717, 1.165) is 11.9 Å². The third-order valence-electron chi connectivity index (χ3n) is 2.82. The standard InChI is InChI=1S/C14H26N4O3S/c1-5-17-21-13(4)9-14(16-11-15)12(3)10-18(6-2)7-8-22(19)20/h5,9-11,14,22H,6-8H2,1-4H3,(H2,15,16)/b12-10+,13-9+,17-5+. The second kappa shape index (κ2) is 11.8. The fourth-order valence-electron chi connectivity index (χ4n) is 1.69. The molecule has 0 heterocycles. The van der Waals surface area contributed by atoms with Crippen molar-refractivity contribution in [3.8, 4) is 0 Å². The molecule has 0 saturated heterocycles. The van der Waals surface area contributed by atoms with Gasteiger partial charge in [0.05, 0.1) is 18.1 Å². The van der Waals surface area contributed by atoms with Gasteiger partial charge in [0, 0.05) is 25.5 Å². The Hall–Kier alpha value is -1.83. The summed E-state index contributed by atoms with van der Waals surface area (Å²) < 4.78 is 21.4. The average Bonchev–Trinajstić information content (AvgIpc) is 2.48. The summed E-state index contributed by atoms with van der Waals surface area (Å²) in [4.78, 5) is 7.05. The van der Waals surface area contributed by atoms with Gasteiger partial charge in [0.25, 0.3) is 0 Å². The maximum Gasteiger partial charge on any atom is 0.141 e. The van der Waals surface area contributed by atoms with Crippen LogP contribution in [0, 0.1) is 5.41 Å². The molecule has 1 atom stereocenters. The van der Waals surface area contributed by atoms with Gasteiger partial charge in [0.2, 0.25) is 0 Å². The number of nitrogens with one attached hydrogen (secondary N) is 2. The first-order valence-electron chi connectivity index (χ1n) is 7.07. The van der Waals surface area contributed by atoms with Crippen molar-refractivity contribution in [2.24, 2.45) is 5.16 Å². The zero-order chi connectivity index (χ0) is 17.0. The minimum Gasteiger partial charge on any atom is -0.377 e. The van der Waals surface area contributed by atoms with Gasteiger partial charge in [-0.25, -0.2) is 8.42 Å². The fourth-order valence-corrected chi connectivity index (χ4v) is 2.11. The predicted molar refractivity (Wildman–Crippen MR) is 90.9 cm³/mol. The Morgan fingerprint density at radius 1 is 1.45 bits per heavy atom. The van der Waals surface area contributed by atoms with Crippen LogP contribution in [0.1, 0.15) is 27.7 Å².